The minimum absolute atomic E-state index is 0.163. The second kappa shape index (κ2) is 6.04. The Morgan fingerprint density at radius 1 is 1.32 bits per heavy atom. The first-order valence-electron chi connectivity index (χ1n) is 6.16. The predicted molar refractivity (Wildman–Crippen MR) is 83.6 cm³/mol. The van der Waals surface area contributed by atoms with Crippen LogP contribution in [0.1, 0.15) is 10.5 Å². The maximum Gasteiger partial charge on any atom is 0.290 e. The van der Waals surface area contributed by atoms with Crippen LogP contribution in [-0.4, -0.2) is 30.7 Å². The largest absolute Gasteiger partial charge is 0.290 e. The summed E-state index contributed by atoms with van der Waals surface area (Å²) in [4.78, 5) is 20.0. The quantitative estimate of drug-likeness (QED) is 0.719. The van der Waals surface area contributed by atoms with Crippen molar-refractivity contribution in [1.82, 2.24) is 24.8 Å². The number of carbonyl (C=O) groups excluding carboxylic acids is 1. The van der Waals surface area contributed by atoms with Crippen LogP contribution in [0.3, 0.4) is 0 Å². The number of hydrogen-bond acceptors (Lipinski definition) is 5. The van der Waals surface area contributed by atoms with E-state index in [4.69, 9.17) is 23.8 Å². The van der Waals surface area contributed by atoms with Crippen molar-refractivity contribution in [2.24, 2.45) is 0 Å². The highest BCUT2D eigenvalue weighted by Crippen LogP contribution is 2.25. The van der Waals surface area contributed by atoms with Gasteiger partial charge in [0.15, 0.2) is 5.82 Å². The molecule has 110 valence electrons. The van der Waals surface area contributed by atoms with Gasteiger partial charge in [0.1, 0.15) is 5.69 Å². The van der Waals surface area contributed by atoms with Gasteiger partial charge in [0.25, 0.3) is 5.91 Å². The average Bonchev–Trinajstić information content (AvgIpc) is 2.90. The molecule has 3 rings (SSSR count). The third-order valence-electron chi connectivity index (χ3n) is 2.80. The van der Waals surface area contributed by atoms with Crippen LogP contribution >= 0.6 is 23.8 Å². The molecular weight excluding hydrogens is 324 g/mol. The molecule has 7 nitrogen and oxygen atoms in total. The summed E-state index contributed by atoms with van der Waals surface area (Å²) >= 11 is 11.3. The summed E-state index contributed by atoms with van der Waals surface area (Å²) in [5.41, 5.74) is 3.42. The van der Waals surface area contributed by atoms with Crippen molar-refractivity contribution in [2.45, 2.75) is 0 Å². The molecule has 0 saturated carbocycles. The van der Waals surface area contributed by atoms with Gasteiger partial charge in [-0.2, -0.15) is 5.10 Å². The van der Waals surface area contributed by atoms with Crippen LogP contribution in [-0.2, 0) is 0 Å². The second-order valence-electron chi connectivity index (χ2n) is 4.20. The van der Waals surface area contributed by atoms with Crippen LogP contribution in [0.2, 0.25) is 5.02 Å². The Bertz CT molecular complexity index is 875. The molecule has 0 bridgehead atoms. The molecule has 1 aromatic carbocycles. The molecule has 3 aromatic rings. The number of benzene rings is 1. The monoisotopic (exact) mass is 332 g/mol. The van der Waals surface area contributed by atoms with E-state index in [0.717, 1.165) is 0 Å². The highest BCUT2D eigenvalue weighted by atomic mass is 35.5. The number of rotatable bonds is 3. The Morgan fingerprint density at radius 3 is 2.86 bits per heavy atom. The zero-order valence-corrected chi connectivity index (χ0v) is 12.6. The number of halogens is 1. The zero-order chi connectivity index (χ0) is 15.5. The molecule has 0 atom stereocenters. The summed E-state index contributed by atoms with van der Waals surface area (Å²) < 4.78 is 1.57. The molecule has 1 amide bonds. The van der Waals surface area contributed by atoms with E-state index in [9.17, 15) is 4.79 Å². The fourth-order valence-corrected chi connectivity index (χ4v) is 2.20. The first-order chi connectivity index (χ1) is 10.7. The predicted octanol–water partition coefficient (Wildman–Crippen LogP) is 2.43. The van der Waals surface area contributed by atoms with Crippen molar-refractivity contribution in [2.75, 3.05) is 5.43 Å². The number of nitrogens with zero attached hydrogens (tertiary/aromatic N) is 4. The molecule has 2 heterocycles. The Balaban J connectivity index is 1.99. The lowest BCUT2D eigenvalue weighted by Crippen LogP contribution is -2.24. The van der Waals surface area contributed by atoms with E-state index in [1.54, 1.807) is 18.2 Å². The molecule has 0 saturated heterocycles. The summed E-state index contributed by atoms with van der Waals surface area (Å²) in [7, 11) is 0. The van der Waals surface area contributed by atoms with Gasteiger partial charge < -0.3 is 0 Å². The summed E-state index contributed by atoms with van der Waals surface area (Å²) in [6.07, 6.45) is 4.27. The van der Waals surface area contributed by atoms with Crippen molar-refractivity contribution in [3.63, 3.8) is 0 Å². The fourth-order valence-electron chi connectivity index (χ4n) is 1.80. The lowest BCUT2D eigenvalue weighted by Gasteiger charge is -2.09. The summed E-state index contributed by atoms with van der Waals surface area (Å²) in [6, 6.07) is 7.12. The van der Waals surface area contributed by atoms with Gasteiger partial charge in [0.05, 0.1) is 11.2 Å². The highest BCUT2D eigenvalue weighted by Gasteiger charge is 2.15. The normalized spacial score (nSPS) is 10.4. The third kappa shape index (κ3) is 2.74. The van der Waals surface area contributed by atoms with Crippen LogP contribution in [0.4, 0.5) is 0 Å². The molecule has 0 aliphatic rings. The summed E-state index contributed by atoms with van der Waals surface area (Å²) in [5.74, 6) is -0.0632. The highest BCUT2D eigenvalue weighted by molar-refractivity contribution is 7.71. The summed E-state index contributed by atoms with van der Waals surface area (Å²) in [5, 5.41) is 7.22. The first kappa shape index (κ1) is 14.4. The van der Waals surface area contributed by atoms with Gasteiger partial charge in [-0.15, -0.1) is 0 Å². The zero-order valence-electron chi connectivity index (χ0n) is 11.0. The maximum atomic E-state index is 12.2. The fraction of sp³-hybridized carbons (Fsp3) is 0. The number of hydrogen-bond donors (Lipinski definition) is 2. The minimum atomic E-state index is -0.459. The Labute approximate surface area is 135 Å². The van der Waals surface area contributed by atoms with Crippen LogP contribution in [0, 0.1) is 4.77 Å². The Hall–Kier alpha value is -2.58. The number of aromatic amines is 1. The van der Waals surface area contributed by atoms with Gasteiger partial charge in [-0.25, -0.2) is 14.8 Å². The van der Waals surface area contributed by atoms with Crippen molar-refractivity contribution in [3.8, 4) is 11.4 Å². The van der Waals surface area contributed by atoms with Gasteiger partial charge >= 0.3 is 0 Å². The van der Waals surface area contributed by atoms with Gasteiger partial charge in [0, 0.05) is 18.0 Å². The van der Waals surface area contributed by atoms with E-state index in [-0.39, 0.29) is 10.5 Å². The number of amides is 1. The third-order valence-corrected chi connectivity index (χ3v) is 3.40. The van der Waals surface area contributed by atoms with Gasteiger partial charge in [0.2, 0.25) is 4.77 Å². The molecule has 0 aliphatic carbocycles. The molecule has 0 spiro atoms. The lowest BCUT2D eigenvalue weighted by atomic mass is 10.2. The van der Waals surface area contributed by atoms with Crippen molar-refractivity contribution in [3.05, 3.63) is 58.3 Å². The summed E-state index contributed by atoms with van der Waals surface area (Å²) in [6.45, 7) is 0. The topological polar surface area (TPSA) is 88.5 Å². The molecule has 2 N–H and O–H groups in total. The van der Waals surface area contributed by atoms with Crippen LogP contribution in [0.25, 0.3) is 11.4 Å². The molecular formula is C13H9ClN6OS. The number of H-pyrrole nitrogens is 1. The second-order valence-corrected chi connectivity index (χ2v) is 4.99. The van der Waals surface area contributed by atoms with Crippen LogP contribution in [0.5, 0.6) is 0 Å². The number of aromatic nitrogens is 5. The Morgan fingerprint density at radius 2 is 2.14 bits per heavy atom. The number of carbonyl (C=O) groups is 1. The molecule has 0 fully saturated rings. The minimum Gasteiger partial charge on any atom is -0.266 e. The molecule has 0 unspecified atom stereocenters. The van der Waals surface area contributed by atoms with E-state index < -0.39 is 5.91 Å². The molecule has 0 radical (unpaired) electrons. The van der Waals surface area contributed by atoms with Crippen molar-refractivity contribution >= 4 is 29.7 Å². The Kier molecular flexibility index (Phi) is 3.94. The van der Waals surface area contributed by atoms with Gasteiger partial charge in [-0.3, -0.25) is 15.2 Å². The molecule has 2 aromatic heterocycles. The van der Waals surface area contributed by atoms with Crippen molar-refractivity contribution < 1.29 is 4.79 Å². The smallest absolute Gasteiger partial charge is 0.266 e. The van der Waals surface area contributed by atoms with Crippen LogP contribution in [0.15, 0.2) is 42.9 Å². The average molecular weight is 333 g/mol. The van der Waals surface area contributed by atoms with E-state index in [1.807, 2.05) is 6.07 Å². The van der Waals surface area contributed by atoms with Gasteiger partial charge in [-0.1, -0.05) is 23.7 Å². The number of nitrogens with one attached hydrogen (secondary N) is 2. The SMILES string of the molecule is O=C(Nn1c(-c2ccccc2Cl)n[nH]c1=S)c1cnccn1. The maximum absolute atomic E-state index is 12.2. The van der Waals surface area contributed by atoms with Crippen molar-refractivity contribution in [1.29, 1.82) is 0 Å². The molecule has 9 heteroatoms. The first-order valence-corrected chi connectivity index (χ1v) is 6.95. The van der Waals surface area contributed by atoms with E-state index in [1.165, 1.54) is 23.3 Å². The van der Waals surface area contributed by atoms with E-state index in [0.29, 0.717) is 16.4 Å². The van der Waals surface area contributed by atoms with Gasteiger partial charge in [-0.05, 0) is 24.4 Å². The molecule has 0 aliphatic heterocycles. The van der Waals surface area contributed by atoms with E-state index >= 15 is 0 Å². The standard InChI is InChI=1S/C13H9ClN6OS/c14-9-4-2-1-3-8(9)11-17-18-13(22)20(11)19-12(21)10-7-15-5-6-16-10/h1-7H,(H,18,22)(H,19,21). The van der Waals surface area contributed by atoms with Crippen LogP contribution < -0.4 is 5.43 Å². The lowest BCUT2D eigenvalue weighted by molar-refractivity contribution is 0.100. The molecule has 22 heavy (non-hydrogen) atoms. The van der Waals surface area contributed by atoms with E-state index in [2.05, 4.69) is 25.6 Å².